The number of nitrogens with two attached hydrogens (primary N) is 1. The van der Waals surface area contributed by atoms with Crippen molar-refractivity contribution in [2.45, 2.75) is 6.54 Å². The summed E-state index contributed by atoms with van der Waals surface area (Å²) in [5, 5.41) is 2.54. The molecule has 0 radical (unpaired) electrons. The Balaban J connectivity index is 2.07. The Morgan fingerprint density at radius 3 is 3.12 bits per heavy atom. The molecule has 88 valence electrons. The second kappa shape index (κ2) is 4.60. The fraction of sp³-hybridized carbons (Fsp3) is 0.100. The van der Waals surface area contributed by atoms with E-state index < -0.39 is 11.7 Å². The molecule has 4 N–H and O–H groups in total. The van der Waals surface area contributed by atoms with Gasteiger partial charge in [-0.1, -0.05) is 0 Å². The third-order valence-corrected chi connectivity index (χ3v) is 2.16. The normalized spacial score (nSPS) is 10.2. The molecule has 0 atom stereocenters. The second-order valence-electron chi connectivity index (χ2n) is 3.32. The lowest BCUT2D eigenvalue weighted by Gasteiger charge is -2.05. The fourth-order valence-corrected chi connectivity index (χ4v) is 1.29. The summed E-state index contributed by atoms with van der Waals surface area (Å²) in [6.45, 7) is 0.237. The van der Waals surface area contributed by atoms with Crippen LogP contribution in [0.4, 0.5) is 10.2 Å². The molecule has 2 rings (SSSR count). The lowest BCUT2D eigenvalue weighted by molar-refractivity contribution is 0.0946. The largest absolute Gasteiger partial charge is 0.381 e. The molecule has 0 saturated heterocycles. The first kappa shape index (κ1) is 11.1. The molecular weight excluding hydrogens is 225 g/mol. The lowest BCUT2D eigenvalue weighted by Crippen LogP contribution is -2.24. The van der Waals surface area contributed by atoms with Crippen LogP contribution in [0.1, 0.15) is 16.1 Å². The molecule has 0 aliphatic heterocycles. The number of imidazole rings is 1. The van der Waals surface area contributed by atoms with E-state index in [1.165, 1.54) is 18.6 Å². The van der Waals surface area contributed by atoms with Crippen molar-refractivity contribution in [2.24, 2.45) is 0 Å². The SMILES string of the molecule is Nc1nccc(C(=O)NCc2cnc[nH]2)c1F. The summed E-state index contributed by atoms with van der Waals surface area (Å²) >= 11 is 0. The molecule has 2 aromatic rings. The molecule has 2 aromatic heterocycles. The van der Waals surface area contributed by atoms with Gasteiger partial charge >= 0.3 is 0 Å². The maximum atomic E-state index is 13.4. The van der Waals surface area contributed by atoms with Crippen LogP contribution in [0.3, 0.4) is 0 Å². The zero-order valence-electron chi connectivity index (χ0n) is 8.77. The van der Waals surface area contributed by atoms with Crippen molar-refractivity contribution in [3.63, 3.8) is 0 Å². The smallest absolute Gasteiger partial charge is 0.254 e. The Kier molecular flexibility index (Phi) is 2.99. The first-order chi connectivity index (χ1) is 8.18. The van der Waals surface area contributed by atoms with Gasteiger partial charge in [0.15, 0.2) is 11.6 Å². The van der Waals surface area contributed by atoms with Crippen molar-refractivity contribution < 1.29 is 9.18 Å². The third kappa shape index (κ3) is 2.39. The number of aromatic nitrogens is 3. The van der Waals surface area contributed by atoms with Crippen molar-refractivity contribution in [3.8, 4) is 0 Å². The zero-order valence-corrected chi connectivity index (χ0v) is 8.77. The highest BCUT2D eigenvalue weighted by Gasteiger charge is 2.14. The Morgan fingerprint density at radius 2 is 2.41 bits per heavy atom. The van der Waals surface area contributed by atoms with E-state index in [1.54, 1.807) is 6.20 Å². The molecule has 0 aliphatic carbocycles. The minimum Gasteiger partial charge on any atom is -0.381 e. The topological polar surface area (TPSA) is 96.7 Å². The van der Waals surface area contributed by atoms with Gasteiger partial charge in [-0.25, -0.2) is 14.4 Å². The van der Waals surface area contributed by atoms with Gasteiger partial charge in [-0.05, 0) is 6.07 Å². The van der Waals surface area contributed by atoms with Crippen LogP contribution in [0.5, 0.6) is 0 Å². The number of hydrogen-bond acceptors (Lipinski definition) is 4. The molecule has 2 heterocycles. The zero-order chi connectivity index (χ0) is 12.3. The quantitative estimate of drug-likeness (QED) is 0.719. The number of amides is 1. The van der Waals surface area contributed by atoms with Gasteiger partial charge in [0.05, 0.1) is 24.1 Å². The van der Waals surface area contributed by atoms with Crippen molar-refractivity contribution >= 4 is 11.7 Å². The minimum atomic E-state index is -0.811. The number of rotatable bonds is 3. The molecule has 17 heavy (non-hydrogen) atoms. The summed E-state index contributed by atoms with van der Waals surface area (Å²) in [5.74, 6) is -1.65. The summed E-state index contributed by atoms with van der Waals surface area (Å²) < 4.78 is 13.4. The van der Waals surface area contributed by atoms with Gasteiger partial charge in [-0.3, -0.25) is 4.79 Å². The Hall–Kier alpha value is -2.44. The second-order valence-corrected chi connectivity index (χ2v) is 3.32. The van der Waals surface area contributed by atoms with E-state index in [9.17, 15) is 9.18 Å². The first-order valence-corrected chi connectivity index (χ1v) is 4.84. The molecule has 1 amide bonds. The summed E-state index contributed by atoms with van der Waals surface area (Å²) in [6.07, 6.45) is 4.34. The van der Waals surface area contributed by atoms with E-state index in [0.717, 1.165) is 5.69 Å². The van der Waals surface area contributed by atoms with Crippen LogP contribution in [0.15, 0.2) is 24.8 Å². The molecule has 0 bridgehead atoms. The number of aromatic amines is 1. The summed E-state index contributed by atoms with van der Waals surface area (Å²) in [5.41, 5.74) is 5.86. The molecule has 0 saturated carbocycles. The van der Waals surface area contributed by atoms with Gasteiger partial charge in [0, 0.05) is 12.4 Å². The monoisotopic (exact) mass is 235 g/mol. The predicted molar refractivity (Wildman–Crippen MR) is 58.4 cm³/mol. The van der Waals surface area contributed by atoms with Crippen molar-refractivity contribution in [1.82, 2.24) is 20.3 Å². The van der Waals surface area contributed by atoms with Gasteiger partial charge in [0.25, 0.3) is 5.91 Å². The average molecular weight is 235 g/mol. The molecule has 0 unspecified atom stereocenters. The molecule has 0 aliphatic rings. The number of anilines is 1. The van der Waals surface area contributed by atoms with Crippen LogP contribution >= 0.6 is 0 Å². The van der Waals surface area contributed by atoms with Crippen molar-refractivity contribution in [2.75, 3.05) is 5.73 Å². The van der Waals surface area contributed by atoms with E-state index in [-0.39, 0.29) is 17.9 Å². The van der Waals surface area contributed by atoms with Crippen LogP contribution < -0.4 is 11.1 Å². The van der Waals surface area contributed by atoms with Gasteiger partial charge in [-0.2, -0.15) is 0 Å². The van der Waals surface area contributed by atoms with Crippen LogP contribution in [-0.2, 0) is 6.54 Å². The van der Waals surface area contributed by atoms with Crippen molar-refractivity contribution in [1.29, 1.82) is 0 Å². The number of H-pyrrole nitrogens is 1. The average Bonchev–Trinajstić information content (AvgIpc) is 2.82. The molecular formula is C10H10FN5O. The van der Waals surface area contributed by atoms with Crippen molar-refractivity contribution in [3.05, 3.63) is 41.9 Å². The summed E-state index contributed by atoms with van der Waals surface area (Å²) in [4.78, 5) is 21.8. The summed E-state index contributed by atoms with van der Waals surface area (Å²) in [7, 11) is 0. The molecule has 0 fully saturated rings. The Bertz CT molecular complexity index is 525. The molecule has 6 nitrogen and oxygen atoms in total. The van der Waals surface area contributed by atoms with Crippen LogP contribution in [0.25, 0.3) is 0 Å². The maximum Gasteiger partial charge on any atom is 0.254 e. The molecule has 0 aromatic carbocycles. The highest BCUT2D eigenvalue weighted by Crippen LogP contribution is 2.11. The first-order valence-electron chi connectivity index (χ1n) is 4.84. The minimum absolute atomic E-state index is 0.128. The standard InChI is InChI=1S/C10H10FN5O/c11-8-7(1-2-14-9(8)12)10(17)15-4-6-3-13-5-16-6/h1-3,5H,4H2,(H2,12,14)(H,13,16)(H,15,17). The fourth-order valence-electron chi connectivity index (χ4n) is 1.29. The van der Waals surface area contributed by atoms with Gasteiger partial charge in [-0.15, -0.1) is 0 Å². The highest BCUT2D eigenvalue weighted by atomic mass is 19.1. The van der Waals surface area contributed by atoms with E-state index in [1.807, 2.05) is 0 Å². The van der Waals surface area contributed by atoms with E-state index in [4.69, 9.17) is 5.73 Å². The number of halogens is 1. The highest BCUT2D eigenvalue weighted by molar-refractivity contribution is 5.94. The van der Waals surface area contributed by atoms with Crippen LogP contribution in [0.2, 0.25) is 0 Å². The van der Waals surface area contributed by atoms with E-state index in [0.29, 0.717) is 0 Å². The Morgan fingerprint density at radius 1 is 1.59 bits per heavy atom. The number of hydrogen-bond donors (Lipinski definition) is 3. The van der Waals surface area contributed by atoms with Gasteiger partial charge in [0.2, 0.25) is 0 Å². The lowest BCUT2D eigenvalue weighted by atomic mass is 10.2. The summed E-state index contributed by atoms with van der Waals surface area (Å²) in [6, 6.07) is 1.27. The molecule has 0 spiro atoms. The van der Waals surface area contributed by atoms with Crippen LogP contribution in [0, 0.1) is 5.82 Å². The third-order valence-electron chi connectivity index (χ3n) is 2.16. The number of nitrogen functional groups attached to an aromatic ring is 1. The number of carbonyl (C=O) groups is 1. The maximum absolute atomic E-state index is 13.4. The Labute approximate surface area is 96.1 Å². The van der Waals surface area contributed by atoms with Gasteiger partial charge in [0.1, 0.15) is 0 Å². The number of nitrogens with one attached hydrogen (secondary N) is 2. The van der Waals surface area contributed by atoms with E-state index >= 15 is 0 Å². The van der Waals surface area contributed by atoms with Gasteiger partial charge < -0.3 is 16.0 Å². The number of pyridine rings is 1. The molecule has 7 heteroatoms. The van der Waals surface area contributed by atoms with E-state index in [2.05, 4.69) is 20.3 Å². The number of carbonyl (C=O) groups excluding carboxylic acids is 1. The van der Waals surface area contributed by atoms with Crippen LogP contribution in [-0.4, -0.2) is 20.9 Å². The predicted octanol–water partition coefficient (Wildman–Crippen LogP) is 0.456. The number of nitrogens with zero attached hydrogens (tertiary/aromatic N) is 2.